The van der Waals surface area contributed by atoms with Crippen molar-refractivity contribution in [2.75, 3.05) is 30.7 Å². The zero-order chi connectivity index (χ0) is 19.3. The van der Waals surface area contributed by atoms with E-state index in [2.05, 4.69) is 21.9 Å². The molecule has 0 amide bonds. The lowest BCUT2D eigenvalue weighted by molar-refractivity contribution is 0.0593. The maximum Gasteiger partial charge on any atom is 0.339 e. The lowest BCUT2D eigenvalue weighted by atomic mass is 9.94. The Morgan fingerprint density at radius 2 is 1.19 bits per heavy atom. The van der Waals surface area contributed by atoms with Gasteiger partial charge in [-0.1, -0.05) is 12.1 Å². The molecule has 0 aromatic heterocycles. The van der Waals surface area contributed by atoms with Crippen molar-refractivity contribution in [2.24, 2.45) is 0 Å². The largest absolute Gasteiger partial charge is 0.465 e. The minimum atomic E-state index is -0.325. The number of hydrogen-bond donors (Lipinski definition) is 0. The average molecular weight is 366 g/mol. The summed E-state index contributed by atoms with van der Waals surface area (Å²) in [4.78, 5) is 29.1. The highest BCUT2D eigenvalue weighted by Gasteiger charge is 2.35. The molecule has 140 valence electrons. The summed E-state index contributed by atoms with van der Waals surface area (Å²) in [6.45, 7) is 5.80. The molecule has 2 bridgehead atoms. The van der Waals surface area contributed by atoms with Gasteiger partial charge in [0.05, 0.1) is 43.4 Å². The van der Waals surface area contributed by atoms with E-state index < -0.39 is 0 Å². The minimum absolute atomic E-state index is 0.325. The second kappa shape index (κ2) is 6.30. The standard InChI is InChI=1S/C21H22N2O4/c1-12-5-14-9-22-11-23(18(14)16(7-12)20(24)26-3)10-15-6-13(2)8-17(19(15)22)21(25)27-4/h5-8H,9-11H2,1-4H3. The summed E-state index contributed by atoms with van der Waals surface area (Å²) in [5, 5.41) is 0. The average Bonchev–Trinajstić information content (AvgIpc) is 2.64. The first kappa shape index (κ1) is 17.4. The predicted octanol–water partition coefficient (Wildman–Crippen LogP) is 3.17. The van der Waals surface area contributed by atoms with Gasteiger partial charge in [-0.25, -0.2) is 9.59 Å². The van der Waals surface area contributed by atoms with Gasteiger partial charge in [0.15, 0.2) is 0 Å². The molecule has 0 atom stereocenters. The van der Waals surface area contributed by atoms with Gasteiger partial charge in [-0.15, -0.1) is 0 Å². The quantitative estimate of drug-likeness (QED) is 0.761. The first-order valence-electron chi connectivity index (χ1n) is 8.86. The second-order valence-electron chi connectivity index (χ2n) is 7.16. The number of anilines is 2. The summed E-state index contributed by atoms with van der Waals surface area (Å²) >= 11 is 0. The Morgan fingerprint density at radius 3 is 1.56 bits per heavy atom. The van der Waals surface area contributed by atoms with Crippen molar-refractivity contribution in [1.82, 2.24) is 0 Å². The van der Waals surface area contributed by atoms with Gasteiger partial charge >= 0.3 is 11.9 Å². The fourth-order valence-electron chi connectivity index (χ4n) is 4.24. The molecule has 0 unspecified atom stereocenters. The lowest BCUT2D eigenvalue weighted by Crippen LogP contribution is -2.47. The third-order valence-electron chi connectivity index (χ3n) is 5.17. The maximum absolute atomic E-state index is 12.4. The van der Waals surface area contributed by atoms with Gasteiger partial charge in [0.2, 0.25) is 0 Å². The van der Waals surface area contributed by atoms with Crippen molar-refractivity contribution < 1.29 is 19.1 Å². The number of carbonyl (C=O) groups excluding carboxylic acids is 2. The smallest absolute Gasteiger partial charge is 0.339 e. The van der Waals surface area contributed by atoms with Crippen molar-refractivity contribution in [3.8, 4) is 0 Å². The van der Waals surface area contributed by atoms with Gasteiger partial charge in [0, 0.05) is 13.1 Å². The van der Waals surface area contributed by atoms with Crippen molar-refractivity contribution >= 4 is 23.3 Å². The molecular weight excluding hydrogens is 344 g/mol. The number of methoxy groups -OCH3 is 2. The van der Waals surface area contributed by atoms with Crippen LogP contribution in [0.4, 0.5) is 11.4 Å². The third kappa shape index (κ3) is 2.72. The van der Waals surface area contributed by atoms with E-state index in [0.717, 1.165) is 33.6 Å². The topological polar surface area (TPSA) is 59.1 Å². The van der Waals surface area contributed by atoms with E-state index in [4.69, 9.17) is 9.47 Å². The fourth-order valence-corrected chi connectivity index (χ4v) is 4.24. The number of nitrogens with zero attached hydrogens (tertiary/aromatic N) is 2. The van der Waals surface area contributed by atoms with Crippen LogP contribution in [0.25, 0.3) is 0 Å². The van der Waals surface area contributed by atoms with Gasteiger partial charge in [-0.3, -0.25) is 0 Å². The molecule has 0 radical (unpaired) electrons. The lowest BCUT2D eigenvalue weighted by Gasteiger charge is -2.46. The molecule has 2 aliphatic rings. The summed E-state index contributed by atoms with van der Waals surface area (Å²) in [5.41, 5.74) is 7.17. The molecule has 0 saturated heterocycles. The van der Waals surface area contributed by atoms with Crippen molar-refractivity contribution in [3.05, 3.63) is 57.6 Å². The Morgan fingerprint density at radius 1 is 0.778 bits per heavy atom. The molecule has 6 heteroatoms. The van der Waals surface area contributed by atoms with Crippen LogP contribution in [0.2, 0.25) is 0 Å². The molecule has 2 aromatic carbocycles. The monoisotopic (exact) mass is 366 g/mol. The Balaban J connectivity index is 1.88. The van der Waals surface area contributed by atoms with Crippen molar-refractivity contribution in [3.63, 3.8) is 0 Å². The van der Waals surface area contributed by atoms with Crippen LogP contribution in [0, 0.1) is 13.8 Å². The highest BCUT2D eigenvalue weighted by atomic mass is 16.5. The Labute approximate surface area is 158 Å². The molecule has 2 aromatic rings. The summed E-state index contributed by atoms with van der Waals surface area (Å²) in [6.07, 6.45) is 0. The van der Waals surface area contributed by atoms with E-state index in [0.29, 0.717) is 30.9 Å². The second-order valence-corrected chi connectivity index (χ2v) is 7.16. The number of aryl methyl sites for hydroxylation is 2. The highest BCUT2D eigenvalue weighted by Crippen LogP contribution is 2.42. The van der Waals surface area contributed by atoms with Gasteiger partial charge in [0.1, 0.15) is 0 Å². The van der Waals surface area contributed by atoms with Gasteiger partial charge in [-0.2, -0.15) is 0 Å². The van der Waals surface area contributed by atoms with E-state index in [-0.39, 0.29) is 11.9 Å². The third-order valence-corrected chi connectivity index (χ3v) is 5.17. The molecule has 27 heavy (non-hydrogen) atoms. The molecule has 0 spiro atoms. The van der Waals surface area contributed by atoms with Gasteiger partial charge in [-0.05, 0) is 48.2 Å². The zero-order valence-electron chi connectivity index (χ0n) is 16.0. The number of esters is 2. The van der Waals surface area contributed by atoms with Crippen LogP contribution in [0.1, 0.15) is 43.0 Å². The first-order chi connectivity index (χ1) is 12.9. The first-order valence-corrected chi connectivity index (χ1v) is 8.86. The number of ether oxygens (including phenoxy) is 2. The molecule has 4 rings (SSSR count). The van der Waals surface area contributed by atoms with Crippen LogP contribution in [-0.4, -0.2) is 32.8 Å². The van der Waals surface area contributed by atoms with Crippen LogP contribution in [0.15, 0.2) is 24.3 Å². The minimum Gasteiger partial charge on any atom is -0.465 e. The zero-order valence-corrected chi connectivity index (χ0v) is 16.0. The van der Waals surface area contributed by atoms with Crippen LogP contribution in [0.5, 0.6) is 0 Å². The predicted molar refractivity (Wildman–Crippen MR) is 102 cm³/mol. The van der Waals surface area contributed by atoms with E-state index >= 15 is 0 Å². The highest BCUT2D eigenvalue weighted by molar-refractivity contribution is 6.00. The SMILES string of the molecule is COC(=O)c1cc(C)cc2c1N1Cc3cc(C)cc(C(=O)OC)c3N(C2)C1. The van der Waals surface area contributed by atoms with Gasteiger partial charge < -0.3 is 19.3 Å². The Hall–Kier alpha value is -3.02. The fraction of sp³-hybridized carbons (Fsp3) is 0.333. The number of benzene rings is 2. The van der Waals surface area contributed by atoms with Crippen LogP contribution in [0.3, 0.4) is 0 Å². The molecule has 6 nitrogen and oxygen atoms in total. The van der Waals surface area contributed by atoms with E-state index in [1.807, 2.05) is 26.0 Å². The van der Waals surface area contributed by atoms with E-state index in [1.165, 1.54) is 14.2 Å². The molecule has 2 heterocycles. The van der Waals surface area contributed by atoms with Gasteiger partial charge in [0.25, 0.3) is 0 Å². The van der Waals surface area contributed by atoms with Crippen LogP contribution in [-0.2, 0) is 22.6 Å². The van der Waals surface area contributed by atoms with E-state index in [9.17, 15) is 9.59 Å². The molecule has 0 aliphatic carbocycles. The molecule has 0 fully saturated rings. The molecule has 2 aliphatic heterocycles. The molecular formula is C21H22N2O4. The van der Waals surface area contributed by atoms with Crippen LogP contribution >= 0.6 is 0 Å². The summed E-state index contributed by atoms with van der Waals surface area (Å²) in [5.74, 6) is -0.651. The number of carbonyl (C=O) groups is 2. The molecule has 0 saturated carbocycles. The summed E-state index contributed by atoms with van der Waals surface area (Å²) in [7, 11) is 2.81. The number of fused-ring (bicyclic) bond motifs is 6. The normalized spacial score (nSPS) is 14.4. The number of hydrogen-bond acceptors (Lipinski definition) is 6. The molecule has 0 N–H and O–H groups in total. The maximum atomic E-state index is 12.4. The Kier molecular flexibility index (Phi) is 4.06. The Bertz CT molecular complexity index is 890. The summed E-state index contributed by atoms with van der Waals surface area (Å²) in [6, 6.07) is 7.95. The van der Waals surface area contributed by atoms with E-state index in [1.54, 1.807) is 0 Å². The van der Waals surface area contributed by atoms with Crippen LogP contribution < -0.4 is 9.80 Å². The van der Waals surface area contributed by atoms with Crippen molar-refractivity contribution in [1.29, 1.82) is 0 Å². The number of rotatable bonds is 2. The van der Waals surface area contributed by atoms with Crippen molar-refractivity contribution in [2.45, 2.75) is 26.9 Å². The summed E-state index contributed by atoms with van der Waals surface area (Å²) < 4.78 is 10.0.